The van der Waals surface area contributed by atoms with Crippen LogP contribution in [0.15, 0.2) is 70.9 Å². The molecule has 3 aromatic rings. The molecule has 33 heavy (non-hydrogen) atoms. The van der Waals surface area contributed by atoms with Crippen LogP contribution in [0.4, 0.5) is 4.39 Å². The van der Waals surface area contributed by atoms with Crippen LogP contribution in [0.25, 0.3) is 5.76 Å². The van der Waals surface area contributed by atoms with E-state index in [-0.39, 0.29) is 23.7 Å². The number of rotatable bonds is 7. The Morgan fingerprint density at radius 2 is 1.79 bits per heavy atom. The minimum atomic E-state index is -0.909. The first kappa shape index (κ1) is 22.1. The molecule has 7 nitrogen and oxygen atoms in total. The summed E-state index contributed by atoms with van der Waals surface area (Å²) in [6, 6.07) is 13.0. The monoisotopic (exact) mass is 451 g/mol. The van der Waals surface area contributed by atoms with Crippen molar-refractivity contribution >= 4 is 17.4 Å². The number of ether oxygens (including phenoxy) is 2. The number of carbonyl (C=O) groups is 2. The van der Waals surface area contributed by atoms with Gasteiger partial charge in [0.1, 0.15) is 23.4 Å². The first-order valence-electron chi connectivity index (χ1n) is 10.2. The summed E-state index contributed by atoms with van der Waals surface area (Å²) >= 11 is 0. The van der Waals surface area contributed by atoms with Gasteiger partial charge in [0.15, 0.2) is 11.5 Å². The van der Waals surface area contributed by atoms with Crippen molar-refractivity contribution in [3.8, 4) is 11.5 Å². The van der Waals surface area contributed by atoms with Crippen LogP contribution in [0.2, 0.25) is 0 Å². The second-order valence-corrected chi connectivity index (χ2v) is 7.45. The smallest absolute Gasteiger partial charge is 0.295 e. The second kappa shape index (κ2) is 9.20. The van der Waals surface area contributed by atoms with E-state index in [0.29, 0.717) is 29.2 Å². The fourth-order valence-corrected chi connectivity index (χ4v) is 3.89. The van der Waals surface area contributed by atoms with E-state index in [4.69, 9.17) is 13.9 Å². The lowest BCUT2D eigenvalue weighted by atomic mass is 9.99. The predicted octanol–water partition coefficient (Wildman–Crippen LogP) is 4.10. The quantitative estimate of drug-likeness (QED) is 0.331. The van der Waals surface area contributed by atoms with Crippen LogP contribution in [0.5, 0.6) is 11.5 Å². The fourth-order valence-electron chi connectivity index (χ4n) is 3.89. The number of hydrogen-bond acceptors (Lipinski definition) is 6. The SMILES string of the molecule is COc1ccc(/C(O)=C2/C(=O)C(=O)N(CCc3ccc(F)cc3)C2c2ccco2)cc1OC. The minimum absolute atomic E-state index is 0.0822. The average molecular weight is 451 g/mol. The van der Waals surface area contributed by atoms with Gasteiger partial charge in [-0.15, -0.1) is 0 Å². The second-order valence-electron chi connectivity index (χ2n) is 7.45. The first-order chi connectivity index (χ1) is 15.9. The van der Waals surface area contributed by atoms with E-state index in [1.165, 1.54) is 43.6 Å². The van der Waals surface area contributed by atoms with Gasteiger partial charge in [0.2, 0.25) is 0 Å². The number of carbonyl (C=O) groups excluding carboxylic acids is 2. The number of likely N-dealkylation sites (tertiary alicyclic amines) is 1. The maximum atomic E-state index is 13.2. The lowest BCUT2D eigenvalue weighted by Crippen LogP contribution is -2.31. The molecule has 0 spiro atoms. The topological polar surface area (TPSA) is 89.2 Å². The highest BCUT2D eigenvalue weighted by Gasteiger charge is 2.47. The number of benzene rings is 2. The molecule has 8 heteroatoms. The lowest BCUT2D eigenvalue weighted by molar-refractivity contribution is -0.140. The van der Waals surface area contributed by atoms with E-state index in [1.807, 2.05) is 0 Å². The van der Waals surface area contributed by atoms with Crippen molar-refractivity contribution < 1.29 is 33.0 Å². The van der Waals surface area contributed by atoms with Gasteiger partial charge in [-0.05, 0) is 54.4 Å². The zero-order valence-corrected chi connectivity index (χ0v) is 18.1. The molecule has 2 aromatic carbocycles. The molecular formula is C25H22FNO6. The molecule has 1 atom stereocenters. The van der Waals surface area contributed by atoms with Gasteiger partial charge in [-0.1, -0.05) is 12.1 Å². The highest BCUT2D eigenvalue weighted by Crippen LogP contribution is 2.40. The standard InChI is InChI=1S/C25H22FNO6/c1-31-18-10-7-16(14-20(18)32-2)23(28)21-22(19-4-3-13-33-19)27(25(30)24(21)29)12-11-15-5-8-17(26)9-6-15/h3-10,13-14,22,28H,11-12H2,1-2H3/b23-21-. The van der Waals surface area contributed by atoms with Crippen molar-refractivity contribution in [3.63, 3.8) is 0 Å². The van der Waals surface area contributed by atoms with Gasteiger partial charge in [0, 0.05) is 12.1 Å². The van der Waals surface area contributed by atoms with Crippen molar-refractivity contribution in [1.29, 1.82) is 0 Å². The van der Waals surface area contributed by atoms with Crippen LogP contribution in [-0.2, 0) is 16.0 Å². The Morgan fingerprint density at radius 1 is 1.06 bits per heavy atom. The highest BCUT2D eigenvalue weighted by molar-refractivity contribution is 6.46. The van der Waals surface area contributed by atoms with Crippen LogP contribution in [0.3, 0.4) is 0 Å². The van der Waals surface area contributed by atoms with E-state index in [9.17, 15) is 19.1 Å². The van der Waals surface area contributed by atoms with E-state index >= 15 is 0 Å². The summed E-state index contributed by atoms with van der Waals surface area (Å²) in [5.41, 5.74) is 1.01. The number of hydrogen-bond donors (Lipinski definition) is 1. The molecule has 0 saturated carbocycles. The number of ketones is 1. The summed E-state index contributed by atoms with van der Waals surface area (Å²) in [6.07, 6.45) is 1.83. The molecule has 1 aliphatic heterocycles. The molecule has 0 aliphatic carbocycles. The predicted molar refractivity (Wildman–Crippen MR) is 117 cm³/mol. The number of nitrogens with zero attached hydrogens (tertiary/aromatic N) is 1. The molecule has 1 aromatic heterocycles. The van der Waals surface area contributed by atoms with Crippen LogP contribution >= 0.6 is 0 Å². The highest BCUT2D eigenvalue weighted by atomic mass is 19.1. The van der Waals surface area contributed by atoms with Crippen molar-refractivity contribution in [3.05, 3.63) is 89.1 Å². The van der Waals surface area contributed by atoms with Gasteiger partial charge in [-0.25, -0.2) is 4.39 Å². The number of Topliss-reactive ketones (excluding diaryl/α,β-unsaturated/α-hetero) is 1. The molecule has 1 fully saturated rings. The zero-order valence-electron chi connectivity index (χ0n) is 18.1. The summed E-state index contributed by atoms with van der Waals surface area (Å²) < 4.78 is 29.3. The van der Waals surface area contributed by atoms with E-state index in [0.717, 1.165) is 5.56 Å². The zero-order chi connectivity index (χ0) is 23.5. The molecule has 0 radical (unpaired) electrons. The molecule has 1 aliphatic rings. The first-order valence-corrected chi connectivity index (χ1v) is 10.2. The number of aliphatic hydroxyl groups excluding tert-OH is 1. The van der Waals surface area contributed by atoms with Crippen LogP contribution in [0, 0.1) is 5.82 Å². The van der Waals surface area contributed by atoms with Gasteiger partial charge in [0.25, 0.3) is 11.7 Å². The Hall–Kier alpha value is -4.07. The number of aliphatic hydroxyl groups is 1. The van der Waals surface area contributed by atoms with Crippen LogP contribution < -0.4 is 9.47 Å². The van der Waals surface area contributed by atoms with E-state index < -0.39 is 17.7 Å². The van der Waals surface area contributed by atoms with Crippen LogP contribution in [0.1, 0.15) is 22.9 Å². The van der Waals surface area contributed by atoms with Gasteiger partial charge in [-0.3, -0.25) is 9.59 Å². The summed E-state index contributed by atoms with van der Waals surface area (Å²) in [6.45, 7) is 0.171. The van der Waals surface area contributed by atoms with Crippen molar-refractivity contribution in [2.75, 3.05) is 20.8 Å². The number of halogens is 1. The molecule has 2 heterocycles. The summed E-state index contributed by atoms with van der Waals surface area (Å²) in [4.78, 5) is 27.3. The molecule has 0 bridgehead atoms. The lowest BCUT2D eigenvalue weighted by Gasteiger charge is -2.23. The third kappa shape index (κ3) is 4.19. The van der Waals surface area contributed by atoms with Crippen molar-refractivity contribution in [2.24, 2.45) is 0 Å². The van der Waals surface area contributed by atoms with Gasteiger partial charge in [0.05, 0.1) is 26.1 Å². The van der Waals surface area contributed by atoms with Crippen LogP contribution in [-0.4, -0.2) is 42.5 Å². The van der Waals surface area contributed by atoms with Crippen molar-refractivity contribution in [2.45, 2.75) is 12.5 Å². The molecule has 4 rings (SSSR count). The minimum Gasteiger partial charge on any atom is -0.507 e. The molecular weight excluding hydrogens is 429 g/mol. The largest absolute Gasteiger partial charge is 0.507 e. The van der Waals surface area contributed by atoms with Gasteiger partial charge in [-0.2, -0.15) is 0 Å². The molecule has 1 amide bonds. The normalized spacial score (nSPS) is 17.4. The molecule has 170 valence electrons. The Balaban J connectivity index is 1.74. The Morgan fingerprint density at radius 3 is 2.42 bits per heavy atom. The summed E-state index contributed by atoms with van der Waals surface area (Å²) in [5.74, 6) is -1.11. The number of furan rings is 1. The maximum absolute atomic E-state index is 13.2. The van der Waals surface area contributed by atoms with Gasteiger partial charge >= 0.3 is 0 Å². The van der Waals surface area contributed by atoms with E-state index in [2.05, 4.69) is 0 Å². The van der Waals surface area contributed by atoms with Crippen molar-refractivity contribution in [1.82, 2.24) is 4.90 Å². The molecule has 1 N–H and O–H groups in total. The third-order valence-electron chi connectivity index (χ3n) is 5.56. The fraction of sp³-hybridized carbons (Fsp3) is 0.200. The molecule has 1 unspecified atom stereocenters. The Kier molecular flexibility index (Phi) is 6.17. The number of methoxy groups -OCH3 is 2. The number of amides is 1. The Labute approximate surface area is 189 Å². The molecule has 1 saturated heterocycles. The van der Waals surface area contributed by atoms with Gasteiger partial charge < -0.3 is 23.9 Å². The maximum Gasteiger partial charge on any atom is 0.295 e. The third-order valence-corrected chi connectivity index (χ3v) is 5.56. The average Bonchev–Trinajstić information content (AvgIpc) is 3.45. The Bertz CT molecular complexity index is 1200. The summed E-state index contributed by atoms with van der Waals surface area (Å²) in [7, 11) is 2.94. The summed E-state index contributed by atoms with van der Waals surface area (Å²) in [5, 5.41) is 11.1. The van der Waals surface area contributed by atoms with E-state index in [1.54, 1.807) is 36.4 Å².